The van der Waals surface area contributed by atoms with Gasteiger partial charge in [0.25, 0.3) is 0 Å². The van der Waals surface area contributed by atoms with Gasteiger partial charge < -0.3 is 5.32 Å². The minimum Gasteiger partial charge on any atom is -0.325 e. The second-order valence-electron chi connectivity index (χ2n) is 6.71. The standard InChI is InChI=1S/C19H20BrClN2O3S/c1-12-8-13(2)10-15(9-12)22-19(24)17-4-3-7-23(17)27(25,26)18-6-5-14(20)11-16(18)21/h5-6,8-11,17H,3-4,7H2,1-2H3,(H,22,24)/t17-/m0/s1. The second-order valence-corrected chi connectivity index (χ2v) is 9.90. The maximum atomic E-state index is 13.1. The Labute approximate surface area is 172 Å². The van der Waals surface area contributed by atoms with Crippen LogP contribution >= 0.6 is 27.5 Å². The van der Waals surface area contributed by atoms with Crippen LogP contribution in [-0.4, -0.2) is 31.2 Å². The molecule has 2 aromatic carbocycles. The second kappa shape index (κ2) is 7.91. The number of benzene rings is 2. The third-order valence-electron chi connectivity index (χ3n) is 4.48. The molecular weight excluding hydrogens is 452 g/mol. The number of amides is 1. The fraction of sp³-hybridized carbons (Fsp3) is 0.316. The molecule has 1 atom stereocenters. The summed E-state index contributed by atoms with van der Waals surface area (Å²) in [6, 6.07) is 9.61. The van der Waals surface area contributed by atoms with Crippen LogP contribution in [0.25, 0.3) is 0 Å². The summed E-state index contributed by atoms with van der Waals surface area (Å²) in [6.07, 6.45) is 1.10. The number of carbonyl (C=O) groups is 1. The molecule has 0 radical (unpaired) electrons. The summed E-state index contributed by atoms with van der Waals surface area (Å²) in [5, 5.41) is 2.99. The van der Waals surface area contributed by atoms with Gasteiger partial charge in [-0.1, -0.05) is 33.6 Å². The topological polar surface area (TPSA) is 66.5 Å². The molecule has 5 nitrogen and oxygen atoms in total. The number of hydrogen-bond acceptors (Lipinski definition) is 3. The Balaban J connectivity index is 1.86. The lowest BCUT2D eigenvalue weighted by molar-refractivity contribution is -0.119. The first kappa shape index (κ1) is 20.3. The number of nitrogens with one attached hydrogen (secondary N) is 1. The summed E-state index contributed by atoms with van der Waals surface area (Å²) in [5.41, 5.74) is 2.73. The van der Waals surface area contributed by atoms with Crippen LogP contribution in [0.4, 0.5) is 5.69 Å². The predicted octanol–water partition coefficient (Wildman–Crippen LogP) is 4.51. The maximum absolute atomic E-state index is 13.1. The number of rotatable bonds is 4. The van der Waals surface area contributed by atoms with E-state index in [2.05, 4.69) is 21.2 Å². The Morgan fingerprint density at radius 2 is 1.85 bits per heavy atom. The van der Waals surface area contributed by atoms with E-state index in [1.165, 1.54) is 16.4 Å². The van der Waals surface area contributed by atoms with E-state index in [1.54, 1.807) is 6.07 Å². The molecule has 0 aromatic heterocycles. The molecule has 1 saturated heterocycles. The molecular formula is C19H20BrClN2O3S. The molecule has 3 rings (SSSR count). The third-order valence-corrected chi connectivity index (χ3v) is 7.36. The molecule has 0 unspecified atom stereocenters. The first-order chi connectivity index (χ1) is 12.7. The Kier molecular flexibility index (Phi) is 5.96. The Morgan fingerprint density at radius 1 is 1.19 bits per heavy atom. The third kappa shape index (κ3) is 4.37. The lowest BCUT2D eigenvalue weighted by Gasteiger charge is -2.24. The van der Waals surface area contributed by atoms with Crippen LogP contribution in [0, 0.1) is 13.8 Å². The van der Waals surface area contributed by atoms with Crippen molar-refractivity contribution in [2.24, 2.45) is 0 Å². The zero-order valence-electron chi connectivity index (χ0n) is 15.0. The molecule has 1 aliphatic heterocycles. The highest BCUT2D eigenvalue weighted by molar-refractivity contribution is 9.10. The van der Waals surface area contributed by atoms with Gasteiger partial charge >= 0.3 is 0 Å². The SMILES string of the molecule is Cc1cc(C)cc(NC(=O)[C@@H]2CCCN2S(=O)(=O)c2ccc(Br)cc2Cl)c1. The van der Waals surface area contributed by atoms with Crippen molar-refractivity contribution in [3.05, 3.63) is 57.0 Å². The van der Waals surface area contributed by atoms with Gasteiger partial charge in [-0.05, 0) is 68.1 Å². The lowest BCUT2D eigenvalue weighted by atomic mass is 10.1. The Bertz CT molecular complexity index is 974. The van der Waals surface area contributed by atoms with Crippen molar-refractivity contribution in [3.63, 3.8) is 0 Å². The minimum absolute atomic E-state index is 0.0125. The normalized spacial score (nSPS) is 17.9. The highest BCUT2D eigenvalue weighted by Crippen LogP contribution is 2.32. The van der Waals surface area contributed by atoms with Gasteiger partial charge in [0, 0.05) is 16.7 Å². The van der Waals surface area contributed by atoms with Crippen LogP contribution in [0.3, 0.4) is 0 Å². The van der Waals surface area contributed by atoms with Crippen molar-refractivity contribution < 1.29 is 13.2 Å². The molecule has 144 valence electrons. The van der Waals surface area contributed by atoms with Crippen molar-refractivity contribution in [1.29, 1.82) is 0 Å². The van der Waals surface area contributed by atoms with E-state index < -0.39 is 16.1 Å². The first-order valence-electron chi connectivity index (χ1n) is 8.54. The molecule has 1 N–H and O–H groups in total. The smallest absolute Gasteiger partial charge is 0.245 e. The summed E-state index contributed by atoms with van der Waals surface area (Å²) < 4.78 is 28.1. The molecule has 1 fully saturated rings. The molecule has 0 spiro atoms. The van der Waals surface area contributed by atoms with Crippen molar-refractivity contribution >= 4 is 49.1 Å². The van der Waals surface area contributed by atoms with Crippen LogP contribution < -0.4 is 5.32 Å². The maximum Gasteiger partial charge on any atom is 0.245 e. The van der Waals surface area contributed by atoms with E-state index in [0.29, 0.717) is 29.5 Å². The molecule has 0 bridgehead atoms. The van der Waals surface area contributed by atoms with Gasteiger partial charge in [0.1, 0.15) is 10.9 Å². The van der Waals surface area contributed by atoms with Gasteiger partial charge in [0.15, 0.2) is 0 Å². The molecule has 2 aromatic rings. The van der Waals surface area contributed by atoms with E-state index in [4.69, 9.17) is 11.6 Å². The number of carbonyl (C=O) groups excluding carboxylic acids is 1. The summed E-state index contributed by atoms with van der Waals surface area (Å²) in [4.78, 5) is 12.8. The van der Waals surface area contributed by atoms with E-state index >= 15 is 0 Å². The molecule has 1 heterocycles. The monoisotopic (exact) mass is 470 g/mol. The molecule has 1 aliphatic rings. The fourth-order valence-corrected chi connectivity index (χ4v) is 6.04. The van der Waals surface area contributed by atoms with Crippen molar-refractivity contribution in [3.8, 4) is 0 Å². The highest BCUT2D eigenvalue weighted by Gasteiger charge is 2.40. The van der Waals surface area contributed by atoms with Crippen molar-refractivity contribution in [2.45, 2.75) is 37.6 Å². The van der Waals surface area contributed by atoms with E-state index in [9.17, 15) is 13.2 Å². The Morgan fingerprint density at radius 3 is 2.48 bits per heavy atom. The zero-order chi connectivity index (χ0) is 19.8. The fourth-order valence-electron chi connectivity index (χ4n) is 3.37. The van der Waals surface area contributed by atoms with E-state index in [-0.39, 0.29) is 15.8 Å². The van der Waals surface area contributed by atoms with Gasteiger partial charge in [-0.25, -0.2) is 8.42 Å². The Hall–Kier alpha value is -1.41. The number of hydrogen-bond donors (Lipinski definition) is 1. The highest BCUT2D eigenvalue weighted by atomic mass is 79.9. The van der Waals surface area contributed by atoms with Gasteiger partial charge in [0.2, 0.25) is 15.9 Å². The zero-order valence-corrected chi connectivity index (χ0v) is 18.2. The van der Waals surface area contributed by atoms with E-state index in [1.807, 2.05) is 32.0 Å². The summed E-state index contributed by atoms with van der Waals surface area (Å²) in [6.45, 7) is 4.19. The molecule has 0 aliphatic carbocycles. The van der Waals surface area contributed by atoms with Gasteiger partial charge in [-0.2, -0.15) is 4.31 Å². The quantitative estimate of drug-likeness (QED) is 0.713. The van der Waals surface area contributed by atoms with Crippen LogP contribution in [0.1, 0.15) is 24.0 Å². The number of aryl methyl sites for hydroxylation is 2. The molecule has 8 heteroatoms. The van der Waals surface area contributed by atoms with Crippen molar-refractivity contribution in [1.82, 2.24) is 4.31 Å². The number of nitrogens with zero attached hydrogens (tertiary/aromatic N) is 1. The largest absolute Gasteiger partial charge is 0.325 e. The van der Waals surface area contributed by atoms with Crippen LogP contribution in [0.2, 0.25) is 5.02 Å². The number of halogens is 2. The summed E-state index contributed by atoms with van der Waals surface area (Å²) in [7, 11) is -3.87. The van der Waals surface area contributed by atoms with Gasteiger partial charge in [-0.15, -0.1) is 0 Å². The minimum atomic E-state index is -3.87. The summed E-state index contributed by atoms with van der Waals surface area (Å²) in [5.74, 6) is -0.325. The lowest BCUT2D eigenvalue weighted by Crippen LogP contribution is -2.43. The van der Waals surface area contributed by atoms with Crippen molar-refractivity contribution in [2.75, 3.05) is 11.9 Å². The van der Waals surface area contributed by atoms with Crippen LogP contribution in [-0.2, 0) is 14.8 Å². The molecule has 27 heavy (non-hydrogen) atoms. The molecule has 0 saturated carbocycles. The number of sulfonamides is 1. The van der Waals surface area contributed by atoms with Gasteiger partial charge in [0.05, 0.1) is 5.02 Å². The van der Waals surface area contributed by atoms with Crippen LogP contribution in [0.15, 0.2) is 45.8 Å². The van der Waals surface area contributed by atoms with Crippen LogP contribution in [0.5, 0.6) is 0 Å². The predicted molar refractivity (Wildman–Crippen MR) is 111 cm³/mol. The number of anilines is 1. The average molecular weight is 472 g/mol. The summed E-state index contributed by atoms with van der Waals surface area (Å²) >= 11 is 9.42. The first-order valence-corrected chi connectivity index (χ1v) is 11.2. The molecule has 1 amide bonds. The van der Waals surface area contributed by atoms with E-state index in [0.717, 1.165) is 11.1 Å². The van der Waals surface area contributed by atoms with Gasteiger partial charge in [-0.3, -0.25) is 4.79 Å². The average Bonchev–Trinajstić information content (AvgIpc) is 3.04.